The molecule has 1 aromatic carbocycles. The van der Waals surface area contributed by atoms with E-state index in [-0.39, 0.29) is 18.2 Å². The summed E-state index contributed by atoms with van der Waals surface area (Å²) in [5, 5.41) is 2.80. The molecule has 0 heterocycles. The highest BCUT2D eigenvalue weighted by Gasteiger charge is 2.35. The Morgan fingerprint density at radius 2 is 1.82 bits per heavy atom. The molecular formula is C29H47ClN4O4S. The molecule has 1 fully saturated rings. The number of methoxy groups -OCH3 is 1. The Kier molecular flexibility index (Phi) is 12.5. The third-order valence-electron chi connectivity index (χ3n) is 7.65. The van der Waals surface area contributed by atoms with Gasteiger partial charge in [0.2, 0.25) is 10.0 Å². The van der Waals surface area contributed by atoms with Crippen molar-refractivity contribution in [3.8, 4) is 0 Å². The normalized spacial score (nSPS) is 20.9. The van der Waals surface area contributed by atoms with E-state index in [0.717, 1.165) is 12.1 Å². The molecule has 39 heavy (non-hydrogen) atoms. The molecule has 1 aromatic rings. The molecule has 1 aliphatic carbocycles. The van der Waals surface area contributed by atoms with Gasteiger partial charge in [-0.05, 0) is 71.1 Å². The Morgan fingerprint density at radius 3 is 2.33 bits per heavy atom. The zero-order valence-electron chi connectivity index (χ0n) is 24.6. The molecule has 3 unspecified atom stereocenters. The standard InChI is InChI=1S/C29H47ClN4O4S/c1-19(2)39(36,37)34(7)21(4)15-25(28(30)22(5)33(6)17-24-14-20(24)3)29(35)32-27(26(31)18-38-8)16-23-12-10-9-11-13-23/h9-13,15,19-20,22,24,26-27H,14,16-18,31H2,1-8H3,(H,32,35)/b21-15+,28-25-/t20-,22?,24?,26?,27-/m0/s1. The number of halogens is 1. The van der Waals surface area contributed by atoms with Crippen LogP contribution in [0, 0.1) is 11.8 Å². The molecule has 8 nitrogen and oxygen atoms in total. The molecule has 0 aliphatic heterocycles. The number of nitrogens with one attached hydrogen (secondary N) is 1. The fourth-order valence-electron chi connectivity index (χ4n) is 4.39. The summed E-state index contributed by atoms with van der Waals surface area (Å²) in [6, 6.07) is 8.61. The number of hydrogen-bond acceptors (Lipinski definition) is 6. The van der Waals surface area contributed by atoms with Crippen LogP contribution in [0.2, 0.25) is 0 Å². The summed E-state index contributed by atoms with van der Waals surface area (Å²) in [5.74, 6) is 0.881. The minimum atomic E-state index is -3.59. The molecule has 0 aromatic heterocycles. The van der Waals surface area contributed by atoms with E-state index in [2.05, 4.69) is 17.1 Å². The van der Waals surface area contributed by atoms with Crippen LogP contribution in [0.4, 0.5) is 0 Å². The van der Waals surface area contributed by atoms with Gasteiger partial charge in [0, 0.05) is 43.5 Å². The first kappa shape index (κ1) is 33.3. The lowest BCUT2D eigenvalue weighted by molar-refractivity contribution is -0.118. The number of likely N-dealkylation sites (N-methyl/N-ethyl adjacent to an activating group) is 1. The predicted octanol–water partition coefficient (Wildman–Crippen LogP) is 3.73. The SMILES string of the molecule is COCC(N)[C@H](Cc1ccccc1)NC(=O)C(/C=C(\C)N(C)S(=O)(=O)C(C)C)=C(\Cl)C(C)N(C)CC1C[C@@H]1C. The van der Waals surface area contributed by atoms with Crippen LogP contribution in [0.15, 0.2) is 52.7 Å². The number of nitrogens with zero attached hydrogens (tertiary/aromatic N) is 2. The number of carbonyl (C=O) groups excluding carboxylic acids is 1. The topological polar surface area (TPSA) is 105 Å². The highest BCUT2D eigenvalue weighted by Crippen LogP contribution is 2.38. The smallest absolute Gasteiger partial charge is 0.252 e. The van der Waals surface area contributed by atoms with Crippen molar-refractivity contribution in [2.75, 3.05) is 34.4 Å². The van der Waals surface area contributed by atoms with Crippen molar-refractivity contribution in [3.05, 3.63) is 58.3 Å². The van der Waals surface area contributed by atoms with Gasteiger partial charge in [0.1, 0.15) is 0 Å². The zero-order valence-corrected chi connectivity index (χ0v) is 26.2. The van der Waals surface area contributed by atoms with Crippen LogP contribution in [-0.2, 0) is 26.0 Å². The maximum Gasteiger partial charge on any atom is 0.252 e. The number of rotatable bonds is 15. The van der Waals surface area contributed by atoms with Gasteiger partial charge in [0.25, 0.3) is 5.91 Å². The molecule has 220 valence electrons. The fraction of sp³-hybridized carbons (Fsp3) is 0.621. The lowest BCUT2D eigenvalue weighted by Crippen LogP contribution is -2.51. The second kappa shape index (κ2) is 14.6. The van der Waals surface area contributed by atoms with Gasteiger partial charge in [0.05, 0.1) is 23.5 Å². The molecule has 1 amide bonds. The van der Waals surface area contributed by atoms with E-state index in [9.17, 15) is 13.2 Å². The van der Waals surface area contributed by atoms with Crippen molar-refractivity contribution >= 4 is 27.5 Å². The highest BCUT2D eigenvalue weighted by atomic mass is 35.5. The van der Waals surface area contributed by atoms with Crippen molar-refractivity contribution < 1.29 is 17.9 Å². The third-order valence-corrected chi connectivity index (χ3v) is 10.4. The second-order valence-electron chi connectivity index (χ2n) is 11.1. The van der Waals surface area contributed by atoms with Gasteiger partial charge in [0.15, 0.2) is 0 Å². The molecule has 1 saturated carbocycles. The summed E-state index contributed by atoms with van der Waals surface area (Å²) in [4.78, 5) is 16.0. The maximum atomic E-state index is 13.9. The summed E-state index contributed by atoms with van der Waals surface area (Å²) >= 11 is 6.95. The first-order chi connectivity index (χ1) is 18.2. The van der Waals surface area contributed by atoms with E-state index in [1.807, 2.05) is 44.3 Å². The Morgan fingerprint density at radius 1 is 1.23 bits per heavy atom. The van der Waals surface area contributed by atoms with Crippen LogP contribution in [0.5, 0.6) is 0 Å². The van der Waals surface area contributed by atoms with Crippen molar-refractivity contribution in [2.24, 2.45) is 17.6 Å². The van der Waals surface area contributed by atoms with Crippen LogP contribution in [0.3, 0.4) is 0 Å². The minimum absolute atomic E-state index is 0.214. The van der Waals surface area contributed by atoms with Crippen LogP contribution >= 0.6 is 11.6 Å². The van der Waals surface area contributed by atoms with Gasteiger partial charge in [-0.25, -0.2) is 8.42 Å². The summed E-state index contributed by atoms with van der Waals surface area (Å²) < 4.78 is 32.2. The third kappa shape index (κ3) is 9.32. The molecule has 3 N–H and O–H groups in total. The Labute approximate surface area is 240 Å². The minimum Gasteiger partial charge on any atom is -0.383 e. The molecule has 2 rings (SSSR count). The molecule has 0 radical (unpaired) electrons. The number of nitrogens with two attached hydrogens (primary N) is 1. The Bertz CT molecular complexity index is 1120. The molecule has 0 saturated heterocycles. The van der Waals surface area contributed by atoms with Crippen LogP contribution in [0.1, 0.15) is 46.6 Å². The number of hydrogen-bond donors (Lipinski definition) is 2. The quantitative estimate of drug-likeness (QED) is 0.241. The van der Waals surface area contributed by atoms with Gasteiger partial charge < -0.3 is 15.8 Å². The average molecular weight is 583 g/mol. The van der Waals surface area contributed by atoms with Gasteiger partial charge >= 0.3 is 0 Å². The second-order valence-corrected chi connectivity index (χ2v) is 14.0. The monoisotopic (exact) mass is 582 g/mol. The Hall–Kier alpha value is -1.91. The summed E-state index contributed by atoms with van der Waals surface area (Å²) in [6.07, 6.45) is 3.24. The average Bonchev–Trinajstić information content (AvgIpc) is 3.59. The van der Waals surface area contributed by atoms with E-state index in [1.165, 1.54) is 17.8 Å². The molecule has 0 spiro atoms. The van der Waals surface area contributed by atoms with Gasteiger partial charge in [-0.3, -0.25) is 14.0 Å². The maximum absolute atomic E-state index is 13.9. The predicted molar refractivity (Wildman–Crippen MR) is 160 cm³/mol. The molecule has 5 atom stereocenters. The van der Waals surface area contributed by atoms with E-state index < -0.39 is 33.3 Å². The summed E-state index contributed by atoms with van der Waals surface area (Å²) in [6.45, 7) is 10.2. The number of sulfonamides is 1. The molecule has 1 aliphatic rings. The first-order valence-corrected chi connectivity index (χ1v) is 15.4. The van der Waals surface area contributed by atoms with Crippen LogP contribution in [0.25, 0.3) is 0 Å². The number of carbonyl (C=O) groups is 1. The van der Waals surface area contributed by atoms with Crippen LogP contribution < -0.4 is 11.1 Å². The largest absolute Gasteiger partial charge is 0.383 e. The molecule has 0 bridgehead atoms. The first-order valence-electron chi connectivity index (χ1n) is 13.6. The van der Waals surface area contributed by atoms with E-state index >= 15 is 0 Å². The van der Waals surface area contributed by atoms with Crippen molar-refractivity contribution in [3.63, 3.8) is 0 Å². The lowest BCUT2D eigenvalue weighted by Gasteiger charge is -2.28. The number of amides is 1. The van der Waals surface area contributed by atoms with Crippen molar-refractivity contribution in [1.82, 2.24) is 14.5 Å². The lowest BCUT2D eigenvalue weighted by atomic mass is 9.99. The summed E-state index contributed by atoms with van der Waals surface area (Å²) in [5.41, 5.74) is 8.05. The van der Waals surface area contributed by atoms with E-state index in [0.29, 0.717) is 29.0 Å². The molecule has 10 heteroatoms. The highest BCUT2D eigenvalue weighted by molar-refractivity contribution is 7.89. The number of benzene rings is 1. The van der Waals surface area contributed by atoms with Crippen LogP contribution in [-0.4, -0.2) is 81.3 Å². The summed E-state index contributed by atoms with van der Waals surface area (Å²) in [7, 11) is 1.46. The van der Waals surface area contributed by atoms with Crippen molar-refractivity contribution in [2.45, 2.75) is 70.8 Å². The number of allylic oxidation sites excluding steroid dienone is 1. The van der Waals surface area contributed by atoms with Gasteiger partial charge in [-0.15, -0.1) is 0 Å². The zero-order chi connectivity index (χ0) is 29.5. The fourth-order valence-corrected chi connectivity index (χ4v) is 5.79. The van der Waals surface area contributed by atoms with E-state index in [4.69, 9.17) is 22.1 Å². The molecular weight excluding hydrogens is 536 g/mol. The Balaban J connectivity index is 2.47. The van der Waals surface area contributed by atoms with Crippen molar-refractivity contribution in [1.29, 1.82) is 0 Å². The number of ether oxygens (including phenoxy) is 1. The van der Waals surface area contributed by atoms with E-state index in [1.54, 1.807) is 34.0 Å². The van der Waals surface area contributed by atoms with Gasteiger partial charge in [-0.2, -0.15) is 0 Å². The van der Waals surface area contributed by atoms with Gasteiger partial charge in [-0.1, -0.05) is 48.9 Å².